The van der Waals surface area contributed by atoms with Gasteiger partial charge in [-0.05, 0) is 42.0 Å². The van der Waals surface area contributed by atoms with Crippen molar-refractivity contribution in [2.75, 3.05) is 17.8 Å². The lowest BCUT2D eigenvalue weighted by Gasteiger charge is -2.39. The third-order valence-electron chi connectivity index (χ3n) is 5.73. The third-order valence-corrected chi connectivity index (χ3v) is 7.15. The molecule has 0 aliphatic carbocycles. The van der Waals surface area contributed by atoms with Gasteiger partial charge < -0.3 is 9.64 Å². The summed E-state index contributed by atoms with van der Waals surface area (Å²) in [6, 6.07) is 24.9. The van der Waals surface area contributed by atoms with Gasteiger partial charge in [-0.2, -0.15) is 0 Å². The minimum atomic E-state index is -3.84. The van der Waals surface area contributed by atoms with Crippen molar-refractivity contribution in [2.45, 2.75) is 17.6 Å². The lowest BCUT2D eigenvalue weighted by atomic mass is 10.1. The maximum Gasteiger partial charge on any atom is 0.264 e. The number of ether oxygens (including phenoxy) is 1. The Bertz CT molecular complexity index is 1410. The van der Waals surface area contributed by atoms with Gasteiger partial charge in [-0.25, -0.2) is 8.42 Å². The molecule has 0 unspecified atom stereocenters. The highest BCUT2D eigenvalue weighted by atomic mass is 32.2. The number of anilines is 1. The molecule has 0 atom stereocenters. The highest BCUT2D eigenvalue weighted by Crippen LogP contribution is 2.24. The fourth-order valence-electron chi connectivity index (χ4n) is 3.86. The molecular weight excluding hydrogens is 450 g/mol. The molecule has 5 rings (SSSR count). The zero-order chi connectivity index (χ0) is 23.5. The first-order valence-electron chi connectivity index (χ1n) is 10.9. The van der Waals surface area contributed by atoms with Crippen molar-refractivity contribution in [3.05, 3.63) is 102 Å². The summed E-state index contributed by atoms with van der Waals surface area (Å²) in [4.78, 5) is 18.8. The number of likely N-dealkylation sites (tertiary alicyclic amines) is 1. The molecule has 1 aliphatic rings. The average molecular weight is 474 g/mol. The van der Waals surface area contributed by atoms with Gasteiger partial charge in [0.1, 0.15) is 4.90 Å². The van der Waals surface area contributed by atoms with Crippen molar-refractivity contribution in [3.63, 3.8) is 0 Å². The summed E-state index contributed by atoms with van der Waals surface area (Å²) in [5.74, 6) is -0.104. The maximum absolute atomic E-state index is 13.0. The van der Waals surface area contributed by atoms with Crippen LogP contribution in [0.5, 0.6) is 0 Å². The Morgan fingerprint density at radius 2 is 1.68 bits per heavy atom. The smallest absolute Gasteiger partial charge is 0.264 e. The van der Waals surface area contributed by atoms with E-state index in [1.807, 2.05) is 42.5 Å². The first-order chi connectivity index (χ1) is 16.5. The molecule has 3 aromatic carbocycles. The Morgan fingerprint density at radius 3 is 2.44 bits per heavy atom. The lowest BCUT2D eigenvalue weighted by Crippen LogP contribution is -2.54. The molecule has 0 spiro atoms. The van der Waals surface area contributed by atoms with Gasteiger partial charge in [0, 0.05) is 35.9 Å². The molecule has 0 saturated carbocycles. The average Bonchev–Trinajstić information content (AvgIpc) is 2.83. The van der Waals surface area contributed by atoms with Gasteiger partial charge in [0.25, 0.3) is 15.9 Å². The molecule has 172 valence electrons. The van der Waals surface area contributed by atoms with Crippen LogP contribution in [0.25, 0.3) is 10.9 Å². The van der Waals surface area contributed by atoms with Crippen LogP contribution in [-0.4, -0.2) is 43.4 Å². The van der Waals surface area contributed by atoms with E-state index in [-0.39, 0.29) is 16.9 Å². The molecule has 1 N–H and O–H groups in total. The van der Waals surface area contributed by atoms with Crippen LogP contribution in [0.1, 0.15) is 15.9 Å². The van der Waals surface area contributed by atoms with Crippen molar-refractivity contribution in [3.8, 4) is 0 Å². The minimum Gasteiger partial charge on any atom is -0.370 e. The van der Waals surface area contributed by atoms with Gasteiger partial charge in [-0.15, -0.1) is 0 Å². The Morgan fingerprint density at radius 1 is 0.941 bits per heavy atom. The number of hydrogen-bond acceptors (Lipinski definition) is 5. The van der Waals surface area contributed by atoms with Gasteiger partial charge in [-0.1, -0.05) is 48.5 Å². The molecule has 7 nitrogen and oxygen atoms in total. The van der Waals surface area contributed by atoms with Gasteiger partial charge in [0.2, 0.25) is 0 Å². The van der Waals surface area contributed by atoms with E-state index < -0.39 is 10.0 Å². The highest BCUT2D eigenvalue weighted by Gasteiger charge is 2.32. The summed E-state index contributed by atoms with van der Waals surface area (Å²) in [6.45, 7) is 1.59. The second-order valence-corrected chi connectivity index (χ2v) is 9.79. The quantitative estimate of drug-likeness (QED) is 0.437. The van der Waals surface area contributed by atoms with Crippen molar-refractivity contribution < 1.29 is 17.9 Å². The first kappa shape index (κ1) is 22.1. The number of nitrogens with zero attached hydrogens (tertiary/aromatic N) is 2. The van der Waals surface area contributed by atoms with E-state index in [0.717, 1.165) is 10.9 Å². The number of rotatable bonds is 7. The van der Waals surface area contributed by atoms with Crippen molar-refractivity contribution in [1.29, 1.82) is 0 Å². The molecule has 1 saturated heterocycles. The number of fused-ring (bicyclic) bond motifs is 1. The van der Waals surface area contributed by atoms with Crippen LogP contribution in [0.2, 0.25) is 0 Å². The molecule has 4 aromatic rings. The SMILES string of the molecule is O=C(c1ccc(NS(=O)(=O)c2cccc3cccnc23)cc1)N1CC(OCc2ccccc2)C1. The molecule has 2 heterocycles. The number of sulfonamides is 1. The van der Waals surface area contributed by atoms with Crippen molar-refractivity contribution >= 4 is 32.5 Å². The van der Waals surface area contributed by atoms with Crippen LogP contribution < -0.4 is 4.72 Å². The first-order valence-corrected chi connectivity index (χ1v) is 12.4. The van der Waals surface area contributed by atoms with Gasteiger partial charge >= 0.3 is 0 Å². The number of hydrogen-bond donors (Lipinski definition) is 1. The standard InChI is InChI=1S/C26H23N3O4S/c30-26(29-16-23(17-29)33-18-19-6-2-1-3-7-19)21-11-13-22(14-12-21)28-34(31,32)24-10-4-8-20-9-5-15-27-25(20)24/h1-15,23,28H,16-18H2. The maximum atomic E-state index is 13.0. The summed E-state index contributed by atoms with van der Waals surface area (Å²) >= 11 is 0. The molecule has 1 aliphatic heterocycles. The third kappa shape index (κ3) is 4.64. The predicted molar refractivity (Wildman–Crippen MR) is 130 cm³/mol. The Balaban J connectivity index is 1.20. The van der Waals surface area contributed by atoms with E-state index in [1.54, 1.807) is 47.5 Å². The topological polar surface area (TPSA) is 88.6 Å². The van der Waals surface area contributed by atoms with Crippen LogP contribution in [0, 0.1) is 0 Å². The monoisotopic (exact) mass is 473 g/mol. The van der Waals surface area contributed by atoms with Crippen LogP contribution in [0.15, 0.2) is 96.0 Å². The van der Waals surface area contributed by atoms with Crippen LogP contribution in [0.3, 0.4) is 0 Å². The number of aromatic nitrogens is 1. The number of para-hydroxylation sites is 1. The summed E-state index contributed by atoms with van der Waals surface area (Å²) in [7, 11) is -3.84. The number of pyridine rings is 1. The van der Waals surface area contributed by atoms with E-state index in [2.05, 4.69) is 9.71 Å². The zero-order valence-electron chi connectivity index (χ0n) is 18.3. The summed E-state index contributed by atoms with van der Waals surface area (Å²) in [5, 5.41) is 0.743. The largest absolute Gasteiger partial charge is 0.370 e. The summed E-state index contributed by atoms with van der Waals surface area (Å²) < 4.78 is 34.3. The van der Waals surface area contributed by atoms with E-state index in [9.17, 15) is 13.2 Å². The van der Waals surface area contributed by atoms with E-state index in [0.29, 0.717) is 36.5 Å². The van der Waals surface area contributed by atoms with Gasteiger partial charge in [0.15, 0.2) is 0 Å². The summed E-state index contributed by atoms with van der Waals surface area (Å²) in [5.41, 5.74) is 2.38. The normalized spacial score (nSPS) is 14.1. The van der Waals surface area contributed by atoms with Crippen LogP contribution in [0.4, 0.5) is 5.69 Å². The number of carbonyl (C=O) groups excluding carboxylic acids is 1. The van der Waals surface area contributed by atoms with Gasteiger partial charge in [-0.3, -0.25) is 14.5 Å². The number of benzene rings is 3. The minimum absolute atomic E-state index is 0.0181. The molecule has 34 heavy (non-hydrogen) atoms. The van der Waals surface area contributed by atoms with Gasteiger partial charge in [0.05, 0.1) is 18.2 Å². The Labute approximate surface area is 198 Å². The van der Waals surface area contributed by atoms with Crippen molar-refractivity contribution in [2.24, 2.45) is 0 Å². The fourth-order valence-corrected chi connectivity index (χ4v) is 5.10. The zero-order valence-corrected chi connectivity index (χ0v) is 19.1. The van der Waals surface area contributed by atoms with E-state index in [1.165, 1.54) is 6.07 Å². The molecule has 8 heteroatoms. The second kappa shape index (κ2) is 9.24. The van der Waals surface area contributed by atoms with E-state index >= 15 is 0 Å². The number of carbonyl (C=O) groups is 1. The lowest BCUT2D eigenvalue weighted by molar-refractivity contribution is -0.0503. The van der Waals surface area contributed by atoms with Crippen molar-refractivity contribution in [1.82, 2.24) is 9.88 Å². The Kier molecular flexibility index (Phi) is 6.00. The molecule has 0 bridgehead atoms. The number of nitrogens with one attached hydrogen (secondary N) is 1. The van der Waals surface area contributed by atoms with E-state index in [4.69, 9.17) is 4.74 Å². The predicted octanol–water partition coefficient (Wildman–Crippen LogP) is 4.08. The number of amides is 1. The fraction of sp³-hybridized carbons (Fsp3) is 0.154. The second-order valence-electron chi connectivity index (χ2n) is 8.14. The molecule has 1 amide bonds. The molecule has 0 radical (unpaired) electrons. The Hall–Kier alpha value is -3.75. The highest BCUT2D eigenvalue weighted by molar-refractivity contribution is 7.93. The van der Waals surface area contributed by atoms with Crippen LogP contribution in [-0.2, 0) is 21.4 Å². The van der Waals surface area contributed by atoms with Crippen LogP contribution >= 0.6 is 0 Å². The summed E-state index contributed by atoms with van der Waals surface area (Å²) in [6.07, 6.45) is 1.58. The molecular formula is C26H23N3O4S. The molecule has 1 fully saturated rings. The molecule has 1 aromatic heterocycles.